The first-order chi connectivity index (χ1) is 7.30. The molecule has 0 saturated heterocycles. The third-order valence-electron chi connectivity index (χ3n) is 1.33. The van der Waals surface area contributed by atoms with Crippen molar-refractivity contribution in [1.82, 2.24) is 4.98 Å². The van der Waals surface area contributed by atoms with Gasteiger partial charge in [-0.15, -0.1) is 23.2 Å². The van der Waals surface area contributed by atoms with Gasteiger partial charge >= 0.3 is 12.1 Å². The summed E-state index contributed by atoms with van der Waals surface area (Å²) in [4.78, 5) is 13.1. The van der Waals surface area contributed by atoms with Crippen LogP contribution in [0.25, 0.3) is 0 Å². The van der Waals surface area contributed by atoms with Gasteiger partial charge in [0, 0.05) is 0 Å². The van der Waals surface area contributed by atoms with Crippen molar-refractivity contribution in [2.24, 2.45) is 0 Å². The van der Waals surface area contributed by atoms with Crippen LogP contribution in [0.2, 0.25) is 0 Å². The third-order valence-corrected chi connectivity index (χ3v) is 2.34. The number of hydrogen-bond acceptors (Lipinski definition) is 4. The summed E-state index contributed by atoms with van der Waals surface area (Å²) >= 11 is 11.1. The molecule has 0 radical (unpaired) electrons. The van der Waals surface area contributed by atoms with E-state index in [1.165, 1.54) is 0 Å². The van der Waals surface area contributed by atoms with Crippen LogP contribution in [0.5, 0.6) is 5.06 Å². The van der Waals surface area contributed by atoms with Gasteiger partial charge in [-0.2, -0.15) is 13.2 Å². The summed E-state index contributed by atoms with van der Waals surface area (Å²) in [5.74, 6) is -0.940. The molecule has 0 atom stereocenters. The Kier molecular flexibility index (Phi) is 4.40. The van der Waals surface area contributed by atoms with E-state index in [0.29, 0.717) is 11.3 Å². The van der Waals surface area contributed by atoms with Gasteiger partial charge in [-0.05, 0) is 0 Å². The minimum absolute atomic E-state index is 0.391. The van der Waals surface area contributed by atoms with Crippen molar-refractivity contribution in [3.05, 3.63) is 11.2 Å². The molecule has 3 nitrogen and oxygen atoms in total. The molecule has 0 fully saturated rings. The molecule has 9 heteroatoms. The molecular weight excluding hydrogens is 290 g/mol. The summed E-state index contributed by atoms with van der Waals surface area (Å²) in [5.41, 5.74) is -0.295. The van der Waals surface area contributed by atoms with Crippen molar-refractivity contribution in [3.63, 3.8) is 0 Å². The van der Waals surface area contributed by atoms with E-state index in [0.717, 1.165) is 5.51 Å². The summed E-state index contributed by atoms with van der Waals surface area (Å²) in [7, 11) is 0. The number of hydrogen-bond donors (Lipinski definition) is 0. The number of ether oxygens (including phenoxy) is 1. The minimum atomic E-state index is -4.66. The van der Waals surface area contributed by atoms with Crippen LogP contribution in [-0.4, -0.2) is 15.8 Å². The van der Waals surface area contributed by atoms with Crippen LogP contribution >= 0.6 is 34.5 Å². The fourth-order valence-corrected chi connectivity index (χ4v) is 1.69. The molecule has 0 bridgehead atoms. The number of aromatic nitrogens is 1. The number of rotatable bonds is 3. The van der Waals surface area contributed by atoms with Crippen LogP contribution < -0.4 is 4.74 Å². The Balaban J connectivity index is 2.75. The second-order valence-corrected chi connectivity index (χ2v) is 4.65. The zero-order chi connectivity index (χ0) is 12.3. The molecular formula is C7H4Cl2F3NO2S. The lowest BCUT2D eigenvalue weighted by Crippen LogP contribution is -2.14. The molecule has 1 aromatic rings. The third kappa shape index (κ3) is 3.80. The maximum atomic E-state index is 12.3. The Hall–Kier alpha value is -0.530. The SMILES string of the molecule is O=C(CC(Cl)Cl)Oc1scnc1C(F)(F)F. The number of nitrogens with zero attached hydrogens (tertiary/aromatic N) is 1. The molecule has 0 unspecified atom stereocenters. The molecule has 0 amide bonds. The molecule has 1 heterocycles. The van der Waals surface area contributed by atoms with Crippen molar-refractivity contribution in [2.75, 3.05) is 0 Å². The molecule has 0 aliphatic rings. The highest BCUT2D eigenvalue weighted by atomic mass is 35.5. The molecule has 0 N–H and O–H groups in total. The number of carbonyl (C=O) groups excluding carboxylic acids is 1. The highest BCUT2D eigenvalue weighted by Gasteiger charge is 2.38. The maximum absolute atomic E-state index is 12.3. The molecule has 1 rings (SSSR count). The van der Waals surface area contributed by atoms with Crippen molar-refractivity contribution < 1.29 is 22.7 Å². The quantitative estimate of drug-likeness (QED) is 0.634. The summed E-state index contributed by atoms with van der Waals surface area (Å²) in [6.07, 6.45) is -5.05. The lowest BCUT2D eigenvalue weighted by Gasteiger charge is -2.06. The van der Waals surface area contributed by atoms with E-state index < -0.39 is 34.2 Å². The van der Waals surface area contributed by atoms with E-state index >= 15 is 0 Å². The first kappa shape index (κ1) is 13.5. The Bertz CT molecular complexity index is 380. The van der Waals surface area contributed by atoms with Gasteiger partial charge in [-0.25, -0.2) is 4.98 Å². The standard InChI is InChI=1S/C7H4Cl2F3NO2S/c8-3(9)1-4(14)15-6-5(7(10,11)12)13-2-16-6/h2-3H,1H2. The van der Waals surface area contributed by atoms with Crippen LogP contribution in [0.3, 0.4) is 0 Å². The molecule has 0 aliphatic carbocycles. The second kappa shape index (κ2) is 5.20. The van der Waals surface area contributed by atoms with Crippen LogP contribution in [0, 0.1) is 0 Å². The zero-order valence-electron chi connectivity index (χ0n) is 7.42. The van der Waals surface area contributed by atoms with Gasteiger partial charge in [0.2, 0.25) is 5.06 Å². The van der Waals surface area contributed by atoms with E-state index in [-0.39, 0.29) is 0 Å². The smallest absolute Gasteiger partial charge is 0.413 e. The molecule has 0 spiro atoms. The van der Waals surface area contributed by atoms with E-state index in [4.69, 9.17) is 23.2 Å². The van der Waals surface area contributed by atoms with Gasteiger partial charge in [0.15, 0.2) is 5.69 Å². The maximum Gasteiger partial charge on any atom is 0.437 e. The zero-order valence-corrected chi connectivity index (χ0v) is 9.75. The fraction of sp³-hybridized carbons (Fsp3) is 0.429. The van der Waals surface area contributed by atoms with E-state index in [1.54, 1.807) is 0 Å². The lowest BCUT2D eigenvalue weighted by atomic mass is 10.4. The van der Waals surface area contributed by atoms with Gasteiger partial charge in [0.1, 0.15) is 4.84 Å². The first-order valence-electron chi connectivity index (χ1n) is 3.80. The first-order valence-corrected chi connectivity index (χ1v) is 5.55. The number of thiazole rings is 1. The molecule has 0 aromatic carbocycles. The van der Waals surface area contributed by atoms with Gasteiger partial charge in [0.05, 0.1) is 11.9 Å². The largest absolute Gasteiger partial charge is 0.437 e. The normalized spacial score (nSPS) is 11.9. The minimum Gasteiger partial charge on any atom is -0.413 e. The topological polar surface area (TPSA) is 39.2 Å². The number of halogens is 5. The Morgan fingerprint density at radius 1 is 1.56 bits per heavy atom. The highest BCUT2D eigenvalue weighted by molar-refractivity contribution is 7.11. The summed E-state index contributed by atoms with van der Waals surface area (Å²) < 4.78 is 41.3. The number of alkyl halides is 5. The summed E-state index contributed by atoms with van der Waals surface area (Å²) in [6.45, 7) is 0. The van der Waals surface area contributed by atoms with Gasteiger partial charge < -0.3 is 4.74 Å². The second-order valence-electron chi connectivity index (χ2n) is 2.56. The predicted molar refractivity (Wildman–Crippen MR) is 52.9 cm³/mol. The van der Waals surface area contributed by atoms with Crippen LogP contribution in [-0.2, 0) is 11.0 Å². The van der Waals surface area contributed by atoms with Gasteiger partial charge in [0.25, 0.3) is 0 Å². The lowest BCUT2D eigenvalue weighted by molar-refractivity contribution is -0.144. The van der Waals surface area contributed by atoms with Gasteiger partial charge in [-0.1, -0.05) is 11.3 Å². The van der Waals surface area contributed by atoms with Crippen molar-refractivity contribution in [1.29, 1.82) is 0 Å². The number of carbonyl (C=O) groups is 1. The van der Waals surface area contributed by atoms with Gasteiger partial charge in [-0.3, -0.25) is 4.79 Å². The highest BCUT2D eigenvalue weighted by Crippen LogP contribution is 2.37. The van der Waals surface area contributed by atoms with Crippen molar-refractivity contribution in [2.45, 2.75) is 17.4 Å². The Morgan fingerprint density at radius 3 is 2.69 bits per heavy atom. The fourth-order valence-electron chi connectivity index (χ4n) is 0.768. The Morgan fingerprint density at radius 2 is 2.19 bits per heavy atom. The molecule has 16 heavy (non-hydrogen) atoms. The number of esters is 1. The average molecular weight is 294 g/mol. The summed E-state index contributed by atoms with van der Waals surface area (Å²) in [5, 5.41) is -0.605. The van der Waals surface area contributed by atoms with E-state index in [1.807, 2.05) is 0 Å². The molecule has 1 aromatic heterocycles. The summed E-state index contributed by atoms with van der Waals surface area (Å²) in [6, 6.07) is 0. The van der Waals surface area contributed by atoms with E-state index in [2.05, 4.69) is 9.72 Å². The molecule has 0 saturated carbocycles. The monoisotopic (exact) mass is 293 g/mol. The molecule has 0 aliphatic heterocycles. The van der Waals surface area contributed by atoms with Crippen molar-refractivity contribution >= 4 is 40.5 Å². The van der Waals surface area contributed by atoms with Crippen LogP contribution in [0.15, 0.2) is 5.51 Å². The average Bonchev–Trinajstić information content (AvgIpc) is 2.48. The van der Waals surface area contributed by atoms with Crippen molar-refractivity contribution in [3.8, 4) is 5.06 Å². The van der Waals surface area contributed by atoms with Crippen LogP contribution in [0.4, 0.5) is 13.2 Å². The molecule has 90 valence electrons. The predicted octanol–water partition coefficient (Wildman–Crippen LogP) is 3.26. The van der Waals surface area contributed by atoms with Crippen LogP contribution in [0.1, 0.15) is 12.1 Å². The Labute approximate surface area is 102 Å². The van der Waals surface area contributed by atoms with E-state index in [9.17, 15) is 18.0 Å².